The molecule has 0 spiro atoms. The van der Waals surface area contributed by atoms with E-state index in [4.69, 9.17) is 0 Å². The molecule has 0 bridgehead atoms. The summed E-state index contributed by atoms with van der Waals surface area (Å²) in [4.78, 5) is 29.0. The van der Waals surface area contributed by atoms with Gasteiger partial charge in [0.1, 0.15) is 12.1 Å². The standard InChI is InChI=1S/C24H48N4O6/c1-17(29)13-27(14-18(2)30)11-7-5-9-21-23(33)26-22(24(34)25-21)10-6-8-12-28(15-19(3)31)16-20(4)32/h17-22,29-32H,5-16H2,1-4H3,(H,25,34)(H,26,33)/t17?,18?,19?,20?,21-,22+. The molecule has 0 aromatic rings. The summed E-state index contributed by atoms with van der Waals surface area (Å²) in [6.07, 6.45) is 2.32. The van der Waals surface area contributed by atoms with Gasteiger partial charge in [0.2, 0.25) is 11.8 Å². The zero-order chi connectivity index (χ0) is 25.7. The highest BCUT2D eigenvalue weighted by molar-refractivity contribution is 5.96. The maximum Gasteiger partial charge on any atom is 0.243 e. The van der Waals surface area contributed by atoms with Crippen LogP contribution in [0.1, 0.15) is 66.2 Å². The molecule has 200 valence electrons. The van der Waals surface area contributed by atoms with Gasteiger partial charge in [0.25, 0.3) is 0 Å². The van der Waals surface area contributed by atoms with Crippen molar-refractivity contribution >= 4 is 11.8 Å². The van der Waals surface area contributed by atoms with Crippen LogP contribution in [0.2, 0.25) is 0 Å². The molecule has 1 saturated heterocycles. The molecule has 0 radical (unpaired) electrons. The minimum absolute atomic E-state index is 0.153. The second-order valence-electron chi connectivity index (χ2n) is 10.0. The number of aliphatic hydroxyl groups excluding tert-OH is 4. The molecule has 2 amide bonds. The van der Waals surface area contributed by atoms with Gasteiger partial charge in [-0.05, 0) is 79.3 Å². The molecule has 1 aliphatic heterocycles. The first-order valence-electron chi connectivity index (χ1n) is 12.8. The van der Waals surface area contributed by atoms with Crippen molar-refractivity contribution in [3.8, 4) is 0 Å². The van der Waals surface area contributed by atoms with E-state index in [1.807, 2.05) is 9.80 Å². The van der Waals surface area contributed by atoms with Gasteiger partial charge >= 0.3 is 0 Å². The fraction of sp³-hybridized carbons (Fsp3) is 0.917. The highest BCUT2D eigenvalue weighted by atomic mass is 16.3. The monoisotopic (exact) mass is 488 g/mol. The first-order valence-corrected chi connectivity index (χ1v) is 12.8. The molecule has 0 aliphatic carbocycles. The molecule has 1 aliphatic rings. The predicted octanol–water partition coefficient (Wildman–Crippen LogP) is -0.563. The molecule has 1 fully saturated rings. The molecule has 0 aromatic heterocycles. The number of hydrogen-bond acceptors (Lipinski definition) is 8. The van der Waals surface area contributed by atoms with Crippen LogP contribution >= 0.6 is 0 Å². The lowest BCUT2D eigenvalue weighted by molar-refractivity contribution is -0.137. The fourth-order valence-corrected chi connectivity index (χ4v) is 4.46. The maximum absolute atomic E-state index is 12.5. The summed E-state index contributed by atoms with van der Waals surface area (Å²) < 4.78 is 0. The Hall–Kier alpha value is -1.30. The second-order valence-corrected chi connectivity index (χ2v) is 10.0. The predicted molar refractivity (Wildman–Crippen MR) is 131 cm³/mol. The first kappa shape index (κ1) is 30.7. The van der Waals surface area contributed by atoms with Crippen LogP contribution in [0.5, 0.6) is 0 Å². The van der Waals surface area contributed by atoms with Crippen molar-refractivity contribution in [3.63, 3.8) is 0 Å². The molecule has 0 aromatic carbocycles. The Morgan fingerprint density at radius 1 is 0.618 bits per heavy atom. The summed E-state index contributed by atoms with van der Waals surface area (Å²) in [6, 6.07) is -1.06. The third kappa shape index (κ3) is 13.6. The molecule has 10 heteroatoms. The van der Waals surface area contributed by atoms with Crippen molar-refractivity contribution < 1.29 is 30.0 Å². The van der Waals surface area contributed by atoms with Crippen molar-refractivity contribution in [3.05, 3.63) is 0 Å². The molecule has 34 heavy (non-hydrogen) atoms. The molecular formula is C24H48N4O6. The van der Waals surface area contributed by atoms with Crippen LogP contribution in [0.4, 0.5) is 0 Å². The Labute approximate surface area is 204 Å². The van der Waals surface area contributed by atoms with E-state index in [-0.39, 0.29) is 11.8 Å². The highest BCUT2D eigenvalue weighted by Gasteiger charge is 2.32. The van der Waals surface area contributed by atoms with Gasteiger partial charge in [0.15, 0.2) is 0 Å². The number of rotatable bonds is 18. The third-order valence-corrected chi connectivity index (χ3v) is 5.79. The van der Waals surface area contributed by atoms with E-state index in [2.05, 4.69) is 10.6 Å². The van der Waals surface area contributed by atoms with Gasteiger partial charge in [0.05, 0.1) is 24.4 Å². The minimum atomic E-state index is -0.529. The fourth-order valence-electron chi connectivity index (χ4n) is 4.46. The summed E-state index contributed by atoms with van der Waals surface area (Å²) in [6.45, 7) is 10.2. The molecule has 6 atom stereocenters. The number of piperazine rings is 1. The van der Waals surface area contributed by atoms with Crippen LogP contribution in [0.3, 0.4) is 0 Å². The van der Waals surface area contributed by atoms with Crippen molar-refractivity contribution in [2.24, 2.45) is 0 Å². The van der Waals surface area contributed by atoms with E-state index >= 15 is 0 Å². The zero-order valence-electron chi connectivity index (χ0n) is 21.4. The van der Waals surface area contributed by atoms with E-state index in [1.54, 1.807) is 27.7 Å². The van der Waals surface area contributed by atoms with E-state index < -0.39 is 36.5 Å². The van der Waals surface area contributed by atoms with Gasteiger partial charge in [-0.15, -0.1) is 0 Å². The Morgan fingerprint density at radius 3 is 1.18 bits per heavy atom. The molecule has 4 unspecified atom stereocenters. The molecule has 1 rings (SSSR count). The molecular weight excluding hydrogens is 440 g/mol. The van der Waals surface area contributed by atoms with E-state index in [9.17, 15) is 30.0 Å². The highest BCUT2D eigenvalue weighted by Crippen LogP contribution is 2.12. The van der Waals surface area contributed by atoms with Crippen LogP contribution in [0.25, 0.3) is 0 Å². The quantitative estimate of drug-likeness (QED) is 0.141. The van der Waals surface area contributed by atoms with Crippen LogP contribution < -0.4 is 10.6 Å². The molecule has 10 nitrogen and oxygen atoms in total. The van der Waals surface area contributed by atoms with Gasteiger partial charge in [0, 0.05) is 26.2 Å². The van der Waals surface area contributed by atoms with Crippen molar-refractivity contribution in [2.45, 2.75) is 103 Å². The number of hydrogen-bond donors (Lipinski definition) is 6. The lowest BCUT2D eigenvalue weighted by Crippen LogP contribution is -2.61. The minimum Gasteiger partial charge on any atom is -0.392 e. The van der Waals surface area contributed by atoms with E-state index in [0.29, 0.717) is 52.1 Å². The van der Waals surface area contributed by atoms with Crippen molar-refractivity contribution in [2.75, 3.05) is 39.3 Å². The van der Waals surface area contributed by atoms with E-state index in [1.165, 1.54) is 0 Å². The van der Waals surface area contributed by atoms with Gasteiger partial charge < -0.3 is 31.1 Å². The lowest BCUT2D eigenvalue weighted by atomic mass is 10.0. The number of aliphatic hydroxyl groups is 4. The molecule has 6 N–H and O–H groups in total. The van der Waals surface area contributed by atoms with Crippen LogP contribution in [0.15, 0.2) is 0 Å². The van der Waals surface area contributed by atoms with Crippen LogP contribution in [-0.4, -0.2) is 118 Å². The molecule has 1 heterocycles. The molecule has 0 saturated carbocycles. The first-order chi connectivity index (χ1) is 16.0. The zero-order valence-corrected chi connectivity index (χ0v) is 21.4. The van der Waals surface area contributed by atoms with Crippen LogP contribution in [-0.2, 0) is 9.59 Å². The van der Waals surface area contributed by atoms with Gasteiger partial charge in [-0.25, -0.2) is 0 Å². The average Bonchev–Trinajstić information content (AvgIpc) is 2.69. The normalized spacial score (nSPS) is 22.4. The van der Waals surface area contributed by atoms with Gasteiger partial charge in [-0.1, -0.05) is 0 Å². The number of amides is 2. The lowest BCUT2D eigenvalue weighted by Gasteiger charge is -2.30. The Bertz CT molecular complexity index is 518. The summed E-state index contributed by atoms with van der Waals surface area (Å²) >= 11 is 0. The second kappa shape index (κ2) is 16.4. The smallest absolute Gasteiger partial charge is 0.243 e. The third-order valence-electron chi connectivity index (χ3n) is 5.79. The summed E-state index contributed by atoms with van der Waals surface area (Å²) in [5.41, 5.74) is 0. The number of carbonyl (C=O) groups excluding carboxylic acids is 2. The maximum atomic E-state index is 12.5. The van der Waals surface area contributed by atoms with Gasteiger partial charge in [-0.2, -0.15) is 0 Å². The van der Waals surface area contributed by atoms with Crippen LogP contribution in [0, 0.1) is 0 Å². The SMILES string of the molecule is CC(O)CN(CCCC[C@@H]1NC(=O)[C@@H](CCCCN(CC(C)O)CC(C)O)NC1=O)CC(C)O. The van der Waals surface area contributed by atoms with Crippen molar-refractivity contribution in [1.82, 2.24) is 20.4 Å². The number of unbranched alkanes of at least 4 members (excludes halogenated alkanes) is 2. The number of nitrogens with zero attached hydrogens (tertiary/aromatic N) is 2. The van der Waals surface area contributed by atoms with Gasteiger partial charge in [-0.3, -0.25) is 19.4 Å². The average molecular weight is 489 g/mol. The van der Waals surface area contributed by atoms with E-state index in [0.717, 1.165) is 25.7 Å². The largest absolute Gasteiger partial charge is 0.392 e. The summed E-state index contributed by atoms with van der Waals surface area (Å²) in [5, 5.41) is 44.1. The number of carbonyl (C=O) groups is 2. The summed E-state index contributed by atoms with van der Waals surface area (Å²) in [5.74, 6) is -0.307. The Balaban J connectivity index is 2.34. The summed E-state index contributed by atoms with van der Waals surface area (Å²) in [7, 11) is 0. The Morgan fingerprint density at radius 2 is 0.912 bits per heavy atom. The topological polar surface area (TPSA) is 146 Å². The number of nitrogens with one attached hydrogen (secondary N) is 2. The van der Waals surface area contributed by atoms with Crippen molar-refractivity contribution in [1.29, 1.82) is 0 Å². The Kier molecular flexibility index (Phi) is 14.8.